The summed E-state index contributed by atoms with van der Waals surface area (Å²) in [6.07, 6.45) is 1.42. The van der Waals surface area contributed by atoms with Gasteiger partial charge in [-0.2, -0.15) is 0 Å². The van der Waals surface area contributed by atoms with Crippen LogP contribution in [0, 0.1) is 5.82 Å². The van der Waals surface area contributed by atoms with Gasteiger partial charge in [0.15, 0.2) is 0 Å². The molecule has 18 heavy (non-hydrogen) atoms. The molecule has 0 saturated heterocycles. The number of amides is 1. The normalized spacial score (nSPS) is 17.9. The molecule has 98 valence electrons. The van der Waals surface area contributed by atoms with Gasteiger partial charge in [0.05, 0.1) is 16.4 Å². The van der Waals surface area contributed by atoms with Crippen molar-refractivity contribution >= 4 is 28.9 Å². The zero-order valence-corrected chi connectivity index (χ0v) is 10.7. The highest BCUT2D eigenvalue weighted by Crippen LogP contribution is 2.32. The Morgan fingerprint density at radius 3 is 2.94 bits per heavy atom. The maximum atomic E-state index is 13.3. The molecule has 6 heteroatoms. The van der Waals surface area contributed by atoms with Crippen molar-refractivity contribution in [3.8, 4) is 0 Å². The van der Waals surface area contributed by atoms with Crippen LogP contribution in [0.15, 0.2) is 12.1 Å². The van der Waals surface area contributed by atoms with E-state index < -0.39 is 5.82 Å². The number of hydrogen-bond donors (Lipinski definition) is 2. The summed E-state index contributed by atoms with van der Waals surface area (Å²) in [4.78, 5) is 11.8. The lowest BCUT2D eigenvalue weighted by molar-refractivity contribution is -0.117. The first kappa shape index (κ1) is 13.1. The summed E-state index contributed by atoms with van der Waals surface area (Å²) in [7, 11) is 1.62. The molecule has 0 aromatic heterocycles. The van der Waals surface area contributed by atoms with Crippen LogP contribution in [0.3, 0.4) is 0 Å². The van der Waals surface area contributed by atoms with Crippen molar-refractivity contribution in [3.63, 3.8) is 0 Å². The molecule has 4 nitrogen and oxygen atoms in total. The summed E-state index contributed by atoms with van der Waals surface area (Å²) in [6.45, 7) is 0.600. The van der Waals surface area contributed by atoms with E-state index in [-0.39, 0.29) is 17.0 Å². The molecule has 2 rings (SSSR count). The molecule has 1 atom stereocenters. The summed E-state index contributed by atoms with van der Waals surface area (Å²) in [5, 5.41) is 5.75. The highest BCUT2D eigenvalue weighted by Gasteiger charge is 2.25. The number of hydrogen-bond acceptors (Lipinski definition) is 3. The summed E-state index contributed by atoms with van der Waals surface area (Å²) < 4.78 is 18.2. The van der Waals surface area contributed by atoms with Gasteiger partial charge in [-0.3, -0.25) is 4.79 Å². The quantitative estimate of drug-likeness (QED) is 0.829. The Morgan fingerprint density at radius 2 is 2.22 bits per heavy atom. The predicted octanol–water partition coefficient (Wildman–Crippen LogP) is 2.64. The Bertz CT molecular complexity index is 468. The van der Waals surface area contributed by atoms with Crippen molar-refractivity contribution in [2.24, 2.45) is 0 Å². The van der Waals surface area contributed by atoms with E-state index in [4.69, 9.17) is 16.3 Å². The lowest BCUT2D eigenvalue weighted by Crippen LogP contribution is -2.39. The Labute approximate surface area is 109 Å². The second kappa shape index (κ2) is 5.54. The molecule has 1 aliphatic rings. The van der Waals surface area contributed by atoms with Gasteiger partial charge in [-0.1, -0.05) is 11.6 Å². The van der Waals surface area contributed by atoms with Crippen LogP contribution in [0.2, 0.25) is 5.02 Å². The van der Waals surface area contributed by atoms with Crippen LogP contribution in [-0.2, 0) is 9.53 Å². The third-order valence-electron chi connectivity index (χ3n) is 2.81. The molecule has 1 aromatic rings. The van der Waals surface area contributed by atoms with Crippen molar-refractivity contribution in [2.75, 3.05) is 24.4 Å². The minimum Gasteiger partial charge on any atom is -0.385 e. The molecule has 0 spiro atoms. The first-order valence-corrected chi connectivity index (χ1v) is 6.05. The van der Waals surface area contributed by atoms with Gasteiger partial charge in [-0.25, -0.2) is 4.39 Å². The van der Waals surface area contributed by atoms with E-state index in [1.807, 2.05) is 0 Å². The molecule has 1 aromatic carbocycles. The highest BCUT2D eigenvalue weighted by atomic mass is 35.5. The van der Waals surface area contributed by atoms with Gasteiger partial charge in [-0.05, 0) is 18.9 Å². The molecule has 2 N–H and O–H groups in total. The van der Waals surface area contributed by atoms with Gasteiger partial charge < -0.3 is 15.4 Å². The lowest BCUT2D eigenvalue weighted by Gasteiger charge is -2.27. The van der Waals surface area contributed by atoms with Crippen molar-refractivity contribution in [2.45, 2.75) is 18.9 Å². The van der Waals surface area contributed by atoms with E-state index in [0.29, 0.717) is 24.4 Å². The highest BCUT2D eigenvalue weighted by molar-refractivity contribution is 6.31. The minimum atomic E-state index is -0.546. The first-order chi connectivity index (χ1) is 8.61. The second-order valence-corrected chi connectivity index (χ2v) is 4.54. The molecule has 0 fully saturated rings. The number of benzene rings is 1. The van der Waals surface area contributed by atoms with Crippen LogP contribution in [-0.4, -0.2) is 25.7 Å². The Balaban J connectivity index is 2.12. The van der Waals surface area contributed by atoms with Crippen LogP contribution in [0.25, 0.3) is 0 Å². The monoisotopic (exact) mass is 272 g/mol. The Hall–Kier alpha value is -1.33. The zero-order valence-electron chi connectivity index (χ0n) is 9.93. The fraction of sp³-hybridized carbons (Fsp3) is 0.417. The lowest BCUT2D eigenvalue weighted by atomic mass is 10.1. The SMILES string of the molecule is COCCCC1Nc2cc(Cl)c(F)cc2NC1=O. The molecule has 1 amide bonds. The summed E-state index contributed by atoms with van der Waals surface area (Å²) >= 11 is 5.71. The Kier molecular flexibility index (Phi) is 4.04. The van der Waals surface area contributed by atoms with E-state index in [2.05, 4.69) is 10.6 Å². The van der Waals surface area contributed by atoms with E-state index in [0.717, 1.165) is 6.42 Å². The number of carbonyl (C=O) groups is 1. The average Bonchev–Trinajstić information content (AvgIpc) is 2.33. The summed E-state index contributed by atoms with van der Waals surface area (Å²) in [6, 6.07) is 2.36. The third kappa shape index (κ3) is 2.73. The van der Waals surface area contributed by atoms with Crippen molar-refractivity contribution in [3.05, 3.63) is 23.0 Å². The number of nitrogens with one attached hydrogen (secondary N) is 2. The predicted molar refractivity (Wildman–Crippen MR) is 68.6 cm³/mol. The zero-order chi connectivity index (χ0) is 13.1. The van der Waals surface area contributed by atoms with Crippen LogP contribution in [0.4, 0.5) is 15.8 Å². The van der Waals surface area contributed by atoms with Gasteiger partial charge in [0, 0.05) is 19.8 Å². The fourth-order valence-electron chi connectivity index (χ4n) is 1.88. The number of halogens is 2. The Morgan fingerprint density at radius 1 is 1.44 bits per heavy atom. The van der Waals surface area contributed by atoms with Crippen LogP contribution in [0.5, 0.6) is 0 Å². The standard InChI is InChI=1S/C12H14ClFN2O2/c1-18-4-2-3-9-12(17)16-11-6-8(14)7(13)5-10(11)15-9/h5-6,9,15H,2-4H2,1H3,(H,16,17). The summed E-state index contributed by atoms with van der Waals surface area (Å²) in [5.41, 5.74) is 1.06. The van der Waals surface area contributed by atoms with E-state index in [9.17, 15) is 9.18 Å². The smallest absolute Gasteiger partial charge is 0.246 e. The van der Waals surface area contributed by atoms with E-state index in [1.165, 1.54) is 12.1 Å². The van der Waals surface area contributed by atoms with Gasteiger partial charge in [-0.15, -0.1) is 0 Å². The minimum absolute atomic E-state index is 0.0352. The maximum Gasteiger partial charge on any atom is 0.246 e. The van der Waals surface area contributed by atoms with Gasteiger partial charge in [0.2, 0.25) is 5.91 Å². The molecular weight excluding hydrogens is 259 g/mol. The topological polar surface area (TPSA) is 50.4 Å². The summed E-state index contributed by atoms with van der Waals surface area (Å²) in [5.74, 6) is -0.712. The van der Waals surface area contributed by atoms with Gasteiger partial charge in [0.25, 0.3) is 0 Å². The third-order valence-corrected chi connectivity index (χ3v) is 3.10. The second-order valence-electron chi connectivity index (χ2n) is 4.13. The van der Waals surface area contributed by atoms with Crippen molar-refractivity contribution in [1.82, 2.24) is 0 Å². The average molecular weight is 273 g/mol. The van der Waals surface area contributed by atoms with Gasteiger partial charge >= 0.3 is 0 Å². The number of carbonyl (C=O) groups excluding carboxylic acids is 1. The van der Waals surface area contributed by atoms with Crippen molar-refractivity contribution < 1.29 is 13.9 Å². The molecule has 0 bridgehead atoms. The van der Waals surface area contributed by atoms with Gasteiger partial charge in [0.1, 0.15) is 11.9 Å². The number of rotatable bonds is 4. The van der Waals surface area contributed by atoms with Crippen molar-refractivity contribution in [1.29, 1.82) is 0 Å². The molecular formula is C12H14ClFN2O2. The first-order valence-electron chi connectivity index (χ1n) is 5.67. The number of anilines is 2. The van der Waals surface area contributed by atoms with Crippen LogP contribution < -0.4 is 10.6 Å². The molecule has 0 radical (unpaired) electrons. The largest absolute Gasteiger partial charge is 0.385 e. The van der Waals surface area contributed by atoms with E-state index >= 15 is 0 Å². The number of methoxy groups -OCH3 is 1. The molecule has 0 aliphatic carbocycles. The number of ether oxygens (including phenoxy) is 1. The molecule has 0 saturated carbocycles. The maximum absolute atomic E-state index is 13.3. The molecule has 1 aliphatic heterocycles. The molecule has 1 heterocycles. The number of fused-ring (bicyclic) bond motifs is 1. The van der Waals surface area contributed by atoms with Crippen LogP contribution in [0.1, 0.15) is 12.8 Å². The van der Waals surface area contributed by atoms with E-state index in [1.54, 1.807) is 7.11 Å². The molecule has 1 unspecified atom stereocenters. The fourth-order valence-corrected chi connectivity index (χ4v) is 2.04. The van der Waals surface area contributed by atoms with Crippen LogP contribution >= 0.6 is 11.6 Å².